The van der Waals surface area contributed by atoms with Gasteiger partial charge in [-0.1, -0.05) is 6.07 Å². The lowest BCUT2D eigenvalue weighted by Gasteiger charge is -2.26. The lowest BCUT2D eigenvalue weighted by Crippen LogP contribution is -2.34. The maximum absolute atomic E-state index is 5.80. The Hall–Kier alpha value is -2.80. The molecule has 0 spiro atoms. The van der Waals surface area contributed by atoms with Crippen molar-refractivity contribution in [3.8, 4) is 5.75 Å². The minimum atomic E-state index is 0.396. The molecule has 0 amide bonds. The summed E-state index contributed by atoms with van der Waals surface area (Å²) < 4.78 is 7.99. The summed E-state index contributed by atoms with van der Waals surface area (Å²) in [7, 11) is 0. The quantitative estimate of drug-likeness (QED) is 0.702. The average Bonchev–Trinajstić information content (AvgIpc) is 2.99. The van der Waals surface area contributed by atoms with Crippen LogP contribution < -0.4 is 4.74 Å². The highest BCUT2D eigenvalue weighted by atomic mass is 16.5. The molecule has 4 heterocycles. The van der Waals surface area contributed by atoms with Gasteiger partial charge in [-0.05, 0) is 30.7 Å². The first-order chi connectivity index (χ1) is 12.8. The summed E-state index contributed by atoms with van der Waals surface area (Å²) in [5.74, 6) is 2.63. The predicted octanol–water partition coefficient (Wildman–Crippen LogP) is 2.09. The van der Waals surface area contributed by atoms with Crippen LogP contribution in [0.5, 0.6) is 5.75 Å². The van der Waals surface area contributed by atoms with Gasteiger partial charge in [-0.2, -0.15) is 0 Å². The summed E-state index contributed by atoms with van der Waals surface area (Å²) in [6.45, 7) is 5.34. The highest BCUT2D eigenvalue weighted by Crippen LogP contribution is 2.18. The molecule has 4 rings (SSSR count). The first-order valence-corrected chi connectivity index (χ1v) is 8.86. The zero-order valence-electron chi connectivity index (χ0n) is 14.8. The van der Waals surface area contributed by atoms with Gasteiger partial charge >= 0.3 is 0 Å². The molecule has 0 aromatic carbocycles. The fraction of sp³-hybridized carbons (Fsp3) is 0.368. The number of pyridine rings is 2. The summed E-state index contributed by atoms with van der Waals surface area (Å²) in [5, 5.41) is 8.74. The Bertz CT molecular complexity index is 836. The number of fused-ring (bicyclic) bond motifs is 1. The van der Waals surface area contributed by atoms with Gasteiger partial charge in [0.15, 0.2) is 5.82 Å². The highest BCUT2D eigenvalue weighted by molar-refractivity contribution is 5.16. The first kappa shape index (κ1) is 16.7. The van der Waals surface area contributed by atoms with E-state index >= 15 is 0 Å². The Labute approximate surface area is 152 Å². The van der Waals surface area contributed by atoms with Crippen LogP contribution in [0.3, 0.4) is 0 Å². The van der Waals surface area contributed by atoms with Crippen molar-refractivity contribution in [2.24, 2.45) is 0 Å². The van der Waals surface area contributed by atoms with Crippen molar-refractivity contribution < 1.29 is 4.74 Å². The van der Waals surface area contributed by atoms with E-state index in [9.17, 15) is 0 Å². The molecule has 0 saturated heterocycles. The number of nitrogens with zero attached hydrogens (tertiary/aromatic N) is 6. The summed E-state index contributed by atoms with van der Waals surface area (Å²) in [6.07, 6.45) is 8.06. The van der Waals surface area contributed by atoms with Gasteiger partial charge in [-0.15, -0.1) is 10.2 Å². The van der Waals surface area contributed by atoms with E-state index in [2.05, 4.69) is 42.6 Å². The van der Waals surface area contributed by atoms with E-state index < -0.39 is 0 Å². The van der Waals surface area contributed by atoms with Crippen molar-refractivity contribution in [2.75, 3.05) is 6.54 Å². The Morgan fingerprint density at radius 2 is 1.92 bits per heavy atom. The van der Waals surface area contributed by atoms with Crippen LogP contribution in [0.4, 0.5) is 0 Å². The summed E-state index contributed by atoms with van der Waals surface area (Å²) in [6, 6.07) is 8.26. The summed E-state index contributed by atoms with van der Waals surface area (Å²) in [5.41, 5.74) is 1.23. The molecule has 0 saturated carbocycles. The van der Waals surface area contributed by atoms with Gasteiger partial charge < -0.3 is 9.30 Å². The normalized spacial score (nSPS) is 17.5. The number of hydrogen-bond donors (Lipinski definition) is 0. The van der Waals surface area contributed by atoms with Crippen LogP contribution >= 0.6 is 0 Å². The lowest BCUT2D eigenvalue weighted by atomic mass is 10.1. The third kappa shape index (κ3) is 3.72. The molecule has 0 radical (unpaired) electrons. The third-order valence-corrected chi connectivity index (χ3v) is 4.73. The minimum absolute atomic E-state index is 0.396. The van der Waals surface area contributed by atoms with E-state index in [1.807, 2.05) is 30.6 Å². The van der Waals surface area contributed by atoms with Crippen molar-refractivity contribution >= 4 is 0 Å². The lowest BCUT2D eigenvalue weighted by molar-refractivity contribution is 0.201. The molecule has 26 heavy (non-hydrogen) atoms. The second-order valence-corrected chi connectivity index (χ2v) is 6.55. The van der Waals surface area contributed by atoms with E-state index in [4.69, 9.17) is 4.74 Å². The molecule has 7 nitrogen and oxygen atoms in total. The largest absolute Gasteiger partial charge is 0.484 e. The molecular formula is C19H22N6O. The van der Waals surface area contributed by atoms with Crippen LogP contribution in [0.15, 0.2) is 49.1 Å². The molecule has 0 aliphatic carbocycles. The van der Waals surface area contributed by atoms with Crippen LogP contribution in [-0.4, -0.2) is 42.2 Å². The Balaban J connectivity index is 1.44. The van der Waals surface area contributed by atoms with Crippen LogP contribution in [-0.2, 0) is 26.1 Å². The Morgan fingerprint density at radius 3 is 2.69 bits per heavy atom. The molecule has 0 fully saturated rings. The van der Waals surface area contributed by atoms with Gasteiger partial charge in [0.25, 0.3) is 0 Å². The van der Waals surface area contributed by atoms with Gasteiger partial charge in [0.2, 0.25) is 0 Å². The van der Waals surface area contributed by atoms with Gasteiger partial charge in [0.1, 0.15) is 18.2 Å². The molecule has 0 bridgehead atoms. The van der Waals surface area contributed by atoms with Crippen molar-refractivity contribution in [3.05, 3.63) is 66.3 Å². The second-order valence-electron chi connectivity index (χ2n) is 6.55. The molecule has 3 aromatic heterocycles. The SMILES string of the molecule is C[C@@H]1Cc2nnc(COc3cccnc3)n2CCN1Cc1cccnc1. The zero-order chi connectivity index (χ0) is 17.8. The fourth-order valence-electron chi connectivity index (χ4n) is 3.27. The highest BCUT2D eigenvalue weighted by Gasteiger charge is 2.24. The summed E-state index contributed by atoms with van der Waals surface area (Å²) >= 11 is 0. The monoisotopic (exact) mass is 350 g/mol. The van der Waals surface area contributed by atoms with Gasteiger partial charge in [0.05, 0.1) is 6.20 Å². The number of ether oxygens (including phenoxy) is 1. The van der Waals surface area contributed by atoms with Crippen LogP contribution in [0.2, 0.25) is 0 Å². The Kier molecular flexibility index (Phi) is 4.88. The maximum Gasteiger partial charge on any atom is 0.171 e. The van der Waals surface area contributed by atoms with Crippen LogP contribution in [0.25, 0.3) is 0 Å². The van der Waals surface area contributed by atoms with E-state index in [-0.39, 0.29) is 0 Å². The maximum atomic E-state index is 5.80. The van der Waals surface area contributed by atoms with Crippen molar-refractivity contribution in [1.29, 1.82) is 0 Å². The molecule has 3 aromatic rings. The minimum Gasteiger partial charge on any atom is -0.484 e. The average molecular weight is 350 g/mol. The van der Waals surface area contributed by atoms with E-state index in [1.165, 1.54) is 5.56 Å². The molecule has 7 heteroatoms. The molecule has 0 unspecified atom stereocenters. The Morgan fingerprint density at radius 1 is 1.08 bits per heavy atom. The molecule has 1 aliphatic rings. The third-order valence-electron chi connectivity index (χ3n) is 4.73. The molecule has 134 valence electrons. The molecule has 1 aliphatic heterocycles. The summed E-state index contributed by atoms with van der Waals surface area (Å²) in [4.78, 5) is 10.8. The van der Waals surface area contributed by atoms with E-state index in [1.54, 1.807) is 12.4 Å². The topological polar surface area (TPSA) is 69.0 Å². The first-order valence-electron chi connectivity index (χ1n) is 8.86. The van der Waals surface area contributed by atoms with Crippen LogP contribution in [0.1, 0.15) is 24.1 Å². The zero-order valence-corrected chi connectivity index (χ0v) is 14.8. The number of rotatable bonds is 5. The van der Waals surface area contributed by atoms with Gasteiger partial charge in [-0.25, -0.2) is 0 Å². The smallest absolute Gasteiger partial charge is 0.171 e. The van der Waals surface area contributed by atoms with Crippen molar-refractivity contribution in [2.45, 2.75) is 39.1 Å². The molecular weight excluding hydrogens is 328 g/mol. The van der Waals surface area contributed by atoms with Crippen molar-refractivity contribution in [3.63, 3.8) is 0 Å². The number of aromatic nitrogens is 5. The molecule has 0 N–H and O–H groups in total. The van der Waals surface area contributed by atoms with Gasteiger partial charge in [-0.3, -0.25) is 14.9 Å². The fourth-order valence-corrected chi connectivity index (χ4v) is 3.27. The van der Waals surface area contributed by atoms with Crippen LogP contribution in [0, 0.1) is 0 Å². The number of hydrogen-bond acceptors (Lipinski definition) is 6. The second kappa shape index (κ2) is 7.61. The van der Waals surface area contributed by atoms with E-state index in [0.29, 0.717) is 12.6 Å². The predicted molar refractivity (Wildman–Crippen MR) is 96.4 cm³/mol. The van der Waals surface area contributed by atoms with Crippen molar-refractivity contribution in [1.82, 2.24) is 29.6 Å². The van der Waals surface area contributed by atoms with E-state index in [0.717, 1.165) is 43.5 Å². The molecule has 1 atom stereocenters. The standard InChI is InChI=1S/C19H22N6O/c1-15-10-18-22-23-19(14-26-17-5-3-7-21-12-17)25(18)9-8-24(15)13-16-4-2-6-20-11-16/h2-7,11-12,15H,8-10,13-14H2,1H3/t15-/m1/s1. The van der Waals surface area contributed by atoms with Gasteiger partial charge in [0, 0.05) is 50.7 Å².